The summed E-state index contributed by atoms with van der Waals surface area (Å²) in [7, 11) is 0. The maximum atomic E-state index is 14.7. The molecule has 0 bridgehead atoms. The fraction of sp³-hybridized carbons (Fsp3) is 0.500. The molecule has 0 saturated carbocycles. The summed E-state index contributed by atoms with van der Waals surface area (Å²) in [6.07, 6.45) is 0.562. The fourth-order valence-corrected chi connectivity index (χ4v) is 8.65. The second kappa shape index (κ2) is 30.3. The van der Waals surface area contributed by atoms with Crippen molar-refractivity contribution in [1.29, 1.82) is 0 Å². The molecule has 2 aromatic carbocycles. The number of para-hydroxylation sites is 1. The number of ketones is 2. The van der Waals surface area contributed by atoms with Gasteiger partial charge < -0.3 is 71.3 Å². The van der Waals surface area contributed by atoms with Crippen LogP contribution in [-0.2, 0) is 56.0 Å². The normalized spacial score (nSPS) is 21.3. The molecule has 19 N–H and O–H groups in total. The van der Waals surface area contributed by atoms with Crippen molar-refractivity contribution in [1.82, 2.24) is 36.9 Å². The van der Waals surface area contributed by atoms with E-state index in [1.807, 2.05) is 24.3 Å². The molecule has 1 aliphatic rings. The van der Waals surface area contributed by atoms with Gasteiger partial charge in [0.05, 0.1) is 6.04 Å². The summed E-state index contributed by atoms with van der Waals surface area (Å²) in [5, 5.41) is 16.6. The van der Waals surface area contributed by atoms with Crippen molar-refractivity contribution in [2.45, 2.75) is 121 Å². The molecule has 0 aliphatic carbocycles. The number of aromatic amines is 1. The Hall–Kier alpha value is -7.96. The summed E-state index contributed by atoms with van der Waals surface area (Å²) in [5.74, 6) is -9.48. The summed E-state index contributed by atoms with van der Waals surface area (Å²) in [6, 6.07) is 5.83. The third-order valence-electron chi connectivity index (χ3n) is 12.6. The molecular formula is C50H72FN15O9. The molecule has 1 saturated heterocycles. The van der Waals surface area contributed by atoms with E-state index in [-0.39, 0.29) is 109 Å². The van der Waals surface area contributed by atoms with Gasteiger partial charge >= 0.3 is 0 Å². The molecule has 0 unspecified atom stereocenters. The van der Waals surface area contributed by atoms with E-state index in [2.05, 4.69) is 46.9 Å². The number of aliphatic imine (C=N–C) groups is 2. The number of aromatic nitrogens is 1. The molecule has 7 atom stereocenters. The third kappa shape index (κ3) is 20.5. The number of nitrogens with two attached hydrogens (primary N) is 6. The molecule has 4 rings (SSSR count). The Morgan fingerprint density at radius 3 is 2.09 bits per heavy atom. The standard InChI is InChI=1S/C50H72FN15O9/c1-28(67)62-37(11-6-22-60-50(56)57)46(73)64-38-16-17-43(70)58-20-5-10-36(44(53)71)63-45(72)31(24-32-27-61-35-9-3-2-8-34(32)35)26-41(68)30(7-4-21-59-49(54)55)25-42(69)40(23-29-12-14-33(51)15-13-29)66-48(75)39(18-19-52)65-47(38)74/h2-3,8-9,12-15,27,30-31,36-40,61H,4-7,10-11,16-26,52H2,1H3,(H2,53,71)(H,58,70)(H,62,67)(H,63,72)(H,64,73)(H,65,74)(H,66,75)(H4,54,55,59)(H4,56,57,60)/t30-,31-,36+,37+,38+,39+,40-/m1/s1. The molecular weight excluding hydrogens is 974 g/mol. The van der Waals surface area contributed by atoms with E-state index in [1.165, 1.54) is 31.2 Å². The first-order valence-corrected chi connectivity index (χ1v) is 24.9. The quantitative estimate of drug-likeness (QED) is 0.0385. The summed E-state index contributed by atoms with van der Waals surface area (Å²) in [5.41, 5.74) is 35.6. The first-order chi connectivity index (χ1) is 35.7. The summed E-state index contributed by atoms with van der Waals surface area (Å²) >= 11 is 0. The lowest BCUT2D eigenvalue weighted by atomic mass is 9.83. The van der Waals surface area contributed by atoms with E-state index in [0.717, 1.165) is 10.9 Å². The van der Waals surface area contributed by atoms with Crippen LogP contribution in [0.25, 0.3) is 10.9 Å². The number of nitrogens with zero attached hydrogens (tertiary/aromatic N) is 2. The first kappa shape index (κ1) is 59.6. The highest BCUT2D eigenvalue weighted by Crippen LogP contribution is 2.26. The van der Waals surface area contributed by atoms with E-state index in [0.29, 0.717) is 11.1 Å². The zero-order valence-electron chi connectivity index (χ0n) is 42.2. The molecule has 408 valence electrons. The minimum atomic E-state index is -1.49. The number of hydrogen-bond acceptors (Lipinski definition) is 12. The van der Waals surface area contributed by atoms with E-state index in [1.54, 1.807) is 6.20 Å². The van der Waals surface area contributed by atoms with Crippen LogP contribution in [0, 0.1) is 17.7 Å². The number of H-pyrrole nitrogens is 1. The average Bonchev–Trinajstić information content (AvgIpc) is 3.77. The molecule has 0 spiro atoms. The highest BCUT2D eigenvalue weighted by Gasteiger charge is 2.35. The van der Waals surface area contributed by atoms with Crippen LogP contribution in [0.5, 0.6) is 0 Å². The van der Waals surface area contributed by atoms with Gasteiger partial charge in [-0.25, -0.2) is 4.39 Å². The maximum Gasteiger partial charge on any atom is 0.243 e. The van der Waals surface area contributed by atoms with E-state index < -0.39 is 114 Å². The lowest BCUT2D eigenvalue weighted by Gasteiger charge is -2.27. The Labute approximate surface area is 433 Å². The van der Waals surface area contributed by atoms with E-state index in [9.17, 15) is 47.5 Å². The van der Waals surface area contributed by atoms with Gasteiger partial charge in [0, 0.05) is 74.8 Å². The number of guanidine groups is 2. The second-order valence-electron chi connectivity index (χ2n) is 18.5. The molecule has 1 aliphatic heterocycles. The first-order valence-electron chi connectivity index (χ1n) is 24.9. The van der Waals surface area contributed by atoms with Gasteiger partial charge in [0.2, 0.25) is 41.4 Å². The smallest absolute Gasteiger partial charge is 0.243 e. The van der Waals surface area contributed by atoms with Crippen molar-refractivity contribution in [2.24, 2.45) is 56.2 Å². The van der Waals surface area contributed by atoms with E-state index >= 15 is 0 Å². The van der Waals surface area contributed by atoms with Gasteiger partial charge in [-0.3, -0.25) is 53.1 Å². The van der Waals surface area contributed by atoms with Crippen molar-refractivity contribution in [3.63, 3.8) is 0 Å². The van der Waals surface area contributed by atoms with Crippen molar-refractivity contribution < 1.29 is 47.5 Å². The van der Waals surface area contributed by atoms with Crippen LogP contribution in [0.1, 0.15) is 88.7 Å². The predicted octanol–water partition coefficient (Wildman–Crippen LogP) is -1.68. The van der Waals surface area contributed by atoms with Crippen LogP contribution in [0.2, 0.25) is 0 Å². The van der Waals surface area contributed by atoms with Crippen molar-refractivity contribution in [3.8, 4) is 0 Å². The molecule has 0 radical (unpaired) electrons. The summed E-state index contributed by atoms with van der Waals surface area (Å²) in [6.45, 7) is 1.24. The zero-order valence-corrected chi connectivity index (χ0v) is 42.2. The largest absolute Gasteiger partial charge is 0.370 e. The van der Waals surface area contributed by atoms with Gasteiger partial charge in [-0.2, -0.15) is 0 Å². The molecule has 3 aromatic rings. The number of fused-ring (bicyclic) bond motifs is 1. The maximum absolute atomic E-state index is 14.7. The molecule has 7 amide bonds. The Kier molecular flexibility index (Phi) is 24.1. The monoisotopic (exact) mass is 1050 g/mol. The molecule has 1 aromatic heterocycles. The zero-order chi connectivity index (χ0) is 55.0. The number of rotatable bonds is 18. The Morgan fingerprint density at radius 1 is 0.760 bits per heavy atom. The van der Waals surface area contributed by atoms with Crippen LogP contribution in [0.15, 0.2) is 64.7 Å². The molecule has 24 nitrogen and oxygen atoms in total. The SMILES string of the molecule is CC(=O)N[C@@H](CCCN=C(N)N)C(=O)N[C@H]1CCC(=O)NCCC[C@@H](C(N)=O)NC(=O)[C@H](Cc2c[nH]c3ccccc23)CC(=O)[C@H](CCCN=C(N)N)CC(=O)[C@@H](Cc2ccc(F)cc2)NC(=O)[C@H](CCN)NC1=O. The highest BCUT2D eigenvalue weighted by molar-refractivity contribution is 5.98. The average molecular weight is 1050 g/mol. The number of amides is 7. The van der Waals surface area contributed by atoms with Gasteiger partial charge in [-0.15, -0.1) is 0 Å². The molecule has 75 heavy (non-hydrogen) atoms. The fourth-order valence-electron chi connectivity index (χ4n) is 8.65. The number of hydrogen-bond donors (Lipinski definition) is 13. The van der Waals surface area contributed by atoms with Crippen LogP contribution >= 0.6 is 0 Å². The number of benzene rings is 2. The Morgan fingerprint density at radius 2 is 1.43 bits per heavy atom. The predicted molar refractivity (Wildman–Crippen MR) is 278 cm³/mol. The minimum absolute atomic E-state index is 0.00719. The number of carbonyl (C=O) groups excluding carboxylic acids is 9. The molecule has 25 heteroatoms. The number of primary amides is 1. The van der Waals surface area contributed by atoms with Crippen molar-refractivity contribution >= 4 is 75.7 Å². The third-order valence-corrected chi connectivity index (χ3v) is 12.6. The van der Waals surface area contributed by atoms with Gasteiger partial charge in [0.1, 0.15) is 35.8 Å². The highest BCUT2D eigenvalue weighted by atomic mass is 19.1. The topological polar surface area (TPSA) is 422 Å². The lowest BCUT2D eigenvalue weighted by molar-refractivity contribution is -0.135. The molecule has 1 fully saturated rings. The van der Waals surface area contributed by atoms with Crippen LogP contribution in [0.3, 0.4) is 0 Å². The van der Waals surface area contributed by atoms with Gasteiger partial charge in [-0.1, -0.05) is 30.3 Å². The van der Waals surface area contributed by atoms with Gasteiger partial charge in [0.25, 0.3) is 0 Å². The van der Waals surface area contributed by atoms with Crippen molar-refractivity contribution in [3.05, 3.63) is 71.7 Å². The Bertz CT molecular complexity index is 2530. The van der Waals surface area contributed by atoms with Gasteiger partial charge in [-0.05, 0) is 100 Å². The summed E-state index contributed by atoms with van der Waals surface area (Å²) < 4.78 is 14.1. The number of nitrogens with one attached hydrogen (secondary N) is 7. The van der Waals surface area contributed by atoms with Crippen LogP contribution < -0.4 is 66.3 Å². The minimum Gasteiger partial charge on any atom is -0.370 e. The van der Waals surface area contributed by atoms with Crippen molar-refractivity contribution in [2.75, 3.05) is 26.2 Å². The van der Waals surface area contributed by atoms with Crippen LogP contribution in [0.4, 0.5) is 4.39 Å². The second-order valence-corrected chi connectivity index (χ2v) is 18.5. The lowest BCUT2D eigenvalue weighted by Crippen LogP contribution is -2.58. The Balaban J connectivity index is 1.77. The van der Waals surface area contributed by atoms with Gasteiger partial charge in [0.15, 0.2) is 17.7 Å². The molecule has 2 heterocycles. The number of Topliss-reactive ketones (excluding diaryl/α,β-unsaturated/α-hetero) is 2. The number of halogens is 1. The number of carbonyl (C=O) groups is 9. The van der Waals surface area contributed by atoms with E-state index in [4.69, 9.17) is 34.4 Å². The van der Waals surface area contributed by atoms with Crippen LogP contribution in [-0.4, -0.2) is 126 Å². The summed E-state index contributed by atoms with van der Waals surface area (Å²) in [4.78, 5) is 135.